The SMILES string of the molecule is CC(C)OC(=O)C1CCN1C(C)(C)C. The lowest BCUT2D eigenvalue weighted by Crippen LogP contribution is -2.60. The van der Waals surface area contributed by atoms with Gasteiger partial charge < -0.3 is 4.74 Å². The second kappa shape index (κ2) is 3.89. The number of ether oxygens (including phenoxy) is 1. The minimum Gasteiger partial charge on any atom is -0.462 e. The highest BCUT2D eigenvalue weighted by Crippen LogP contribution is 2.28. The minimum absolute atomic E-state index is 0.00933. The van der Waals surface area contributed by atoms with Crippen molar-refractivity contribution in [3.8, 4) is 0 Å². The summed E-state index contributed by atoms with van der Waals surface area (Å²) in [5.41, 5.74) is 0.0684. The van der Waals surface area contributed by atoms with Crippen LogP contribution in [-0.2, 0) is 9.53 Å². The van der Waals surface area contributed by atoms with Crippen molar-refractivity contribution in [2.45, 2.75) is 58.7 Å². The summed E-state index contributed by atoms with van der Waals surface area (Å²) < 4.78 is 5.20. The molecule has 1 saturated heterocycles. The summed E-state index contributed by atoms with van der Waals surface area (Å²) in [6, 6.07) is -0.0163. The van der Waals surface area contributed by atoms with Gasteiger partial charge in [0.25, 0.3) is 0 Å². The molecule has 1 aliphatic heterocycles. The van der Waals surface area contributed by atoms with E-state index >= 15 is 0 Å². The Kier molecular flexibility index (Phi) is 3.20. The molecule has 0 aromatic heterocycles. The van der Waals surface area contributed by atoms with Crippen LogP contribution < -0.4 is 0 Å². The summed E-state index contributed by atoms with van der Waals surface area (Å²) in [6.45, 7) is 11.2. The van der Waals surface area contributed by atoms with Gasteiger partial charge in [0.1, 0.15) is 6.04 Å². The van der Waals surface area contributed by atoms with Crippen molar-refractivity contribution in [1.82, 2.24) is 4.90 Å². The first kappa shape index (κ1) is 11.5. The highest BCUT2D eigenvalue weighted by molar-refractivity contribution is 5.77. The van der Waals surface area contributed by atoms with Crippen LogP contribution in [0.25, 0.3) is 0 Å². The van der Waals surface area contributed by atoms with Crippen LogP contribution >= 0.6 is 0 Å². The monoisotopic (exact) mass is 199 g/mol. The summed E-state index contributed by atoms with van der Waals surface area (Å²) in [5.74, 6) is -0.0684. The first-order chi connectivity index (χ1) is 6.32. The van der Waals surface area contributed by atoms with Crippen LogP contribution in [-0.4, -0.2) is 35.1 Å². The predicted octanol–water partition coefficient (Wildman–Crippen LogP) is 1.81. The second-order valence-electron chi connectivity index (χ2n) is 5.15. The molecule has 0 saturated carbocycles. The number of nitrogens with zero attached hydrogens (tertiary/aromatic N) is 1. The fourth-order valence-electron chi connectivity index (χ4n) is 1.75. The van der Waals surface area contributed by atoms with Gasteiger partial charge in [0.15, 0.2) is 0 Å². The molecule has 0 aliphatic carbocycles. The van der Waals surface area contributed by atoms with Gasteiger partial charge in [0.05, 0.1) is 6.10 Å². The molecular formula is C11H21NO2. The van der Waals surface area contributed by atoms with Crippen LogP contribution in [0.4, 0.5) is 0 Å². The fourth-order valence-corrected chi connectivity index (χ4v) is 1.75. The van der Waals surface area contributed by atoms with Gasteiger partial charge in [-0.1, -0.05) is 0 Å². The van der Waals surface area contributed by atoms with E-state index in [0.29, 0.717) is 0 Å². The number of hydrogen-bond acceptors (Lipinski definition) is 3. The lowest BCUT2D eigenvalue weighted by atomic mass is 9.93. The van der Waals surface area contributed by atoms with Gasteiger partial charge in [-0.15, -0.1) is 0 Å². The quantitative estimate of drug-likeness (QED) is 0.635. The average Bonchev–Trinajstić information content (AvgIpc) is 1.75. The summed E-state index contributed by atoms with van der Waals surface area (Å²) in [7, 11) is 0. The van der Waals surface area contributed by atoms with Gasteiger partial charge in [-0.3, -0.25) is 9.69 Å². The molecule has 3 nitrogen and oxygen atoms in total. The largest absolute Gasteiger partial charge is 0.462 e. The fraction of sp³-hybridized carbons (Fsp3) is 0.909. The van der Waals surface area contributed by atoms with E-state index in [9.17, 15) is 4.79 Å². The molecule has 0 aromatic carbocycles. The highest BCUT2D eigenvalue weighted by Gasteiger charge is 2.41. The first-order valence-electron chi connectivity index (χ1n) is 5.29. The van der Waals surface area contributed by atoms with E-state index in [0.717, 1.165) is 13.0 Å². The van der Waals surface area contributed by atoms with Crippen molar-refractivity contribution in [2.75, 3.05) is 6.54 Å². The zero-order valence-corrected chi connectivity index (χ0v) is 9.83. The van der Waals surface area contributed by atoms with Gasteiger partial charge >= 0.3 is 5.97 Å². The third kappa shape index (κ3) is 2.47. The predicted molar refractivity (Wildman–Crippen MR) is 56.1 cm³/mol. The van der Waals surface area contributed by atoms with Crippen LogP contribution in [0, 0.1) is 0 Å². The second-order valence-corrected chi connectivity index (χ2v) is 5.15. The van der Waals surface area contributed by atoms with Crippen molar-refractivity contribution >= 4 is 5.97 Å². The Bertz CT molecular complexity index is 218. The third-order valence-corrected chi connectivity index (χ3v) is 2.51. The maximum Gasteiger partial charge on any atom is 0.323 e. The molecule has 0 radical (unpaired) electrons. The van der Waals surface area contributed by atoms with E-state index in [-0.39, 0.29) is 23.7 Å². The molecule has 1 rings (SSSR count). The van der Waals surface area contributed by atoms with Gasteiger partial charge in [-0.05, 0) is 41.0 Å². The van der Waals surface area contributed by atoms with E-state index in [1.165, 1.54) is 0 Å². The molecule has 0 N–H and O–H groups in total. The molecule has 1 fully saturated rings. The normalized spacial score (nSPS) is 23.4. The lowest BCUT2D eigenvalue weighted by molar-refractivity contribution is -0.163. The number of hydrogen-bond donors (Lipinski definition) is 0. The molecule has 1 atom stereocenters. The maximum absolute atomic E-state index is 11.6. The zero-order valence-electron chi connectivity index (χ0n) is 9.83. The summed E-state index contributed by atoms with van der Waals surface area (Å²) in [4.78, 5) is 13.8. The number of rotatable bonds is 2. The Morgan fingerprint density at radius 2 is 2.00 bits per heavy atom. The van der Waals surface area contributed by atoms with E-state index in [1.807, 2.05) is 13.8 Å². The zero-order chi connectivity index (χ0) is 10.9. The molecule has 1 heterocycles. The minimum atomic E-state index is -0.0684. The van der Waals surface area contributed by atoms with E-state index in [2.05, 4.69) is 25.7 Å². The number of carbonyl (C=O) groups is 1. The Labute approximate surface area is 86.4 Å². The molecule has 14 heavy (non-hydrogen) atoms. The molecule has 82 valence electrons. The molecule has 3 heteroatoms. The molecular weight excluding hydrogens is 178 g/mol. The maximum atomic E-state index is 11.6. The third-order valence-electron chi connectivity index (χ3n) is 2.51. The van der Waals surface area contributed by atoms with Crippen LogP contribution in [0.1, 0.15) is 41.0 Å². The molecule has 0 amide bonds. The highest BCUT2D eigenvalue weighted by atomic mass is 16.5. The van der Waals surface area contributed by atoms with Crippen LogP contribution in [0.15, 0.2) is 0 Å². The van der Waals surface area contributed by atoms with Crippen molar-refractivity contribution in [3.63, 3.8) is 0 Å². The molecule has 1 unspecified atom stereocenters. The smallest absolute Gasteiger partial charge is 0.323 e. The van der Waals surface area contributed by atoms with Gasteiger partial charge in [0, 0.05) is 12.1 Å². The summed E-state index contributed by atoms with van der Waals surface area (Å²) >= 11 is 0. The Hall–Kier alpha value is -0.570. The Balaban J connectivity index is 2.50. The summed E-state index contributed by atoms with van der Waals surface area (Å²) in [5, 5.41) is 0. The molecule has 0 spiro atoms. The van der Waals surface area contributed by atoms with E-state index < -0.39 is 0 Å². The van der Waals surface area contributed by atoms with E-state index in [1.54, 1.807) is 0 Å². The number of esters is 1. The molecule has 1 aliphatic rings. The molecule has 0 aromatic rings. The average molecular weight is 199 g/mol. The van der Waals surface area contributed by atoms with E-state index in [4.69, 9.17) is 4.74 Å². The number of likely N-dealkylation sites (tertiary alicyclic amines) is 1. The lowest BCUT2D eigenvalue weighted by Gasteiger charge is -2.47. The Morgan fingerprint density at radius 3 is 2.29 bits per heavy atom. The van der Waals surface area contributed by atoms with Crippen LogP contribution in [0.2, 0.25) is 0 Å². The topological polar surface area (TPSA) is 29.5 Å². The van der Waals surface area contributed by atoms with Gasteiger partial charge in [-0.2, -0.15) is 0 Å². The van der Waals surface area contributed by atoms with Crippen molar-refractivity contribution in [1.29, 1.82) is 0 Å². The first-order valence-corrected chi connectivity index (χ1v) is 5.29. The van der Waals surface area contributed by atoms with Crippen LogP contribution in [0.5, 0.6) is 0 Å². The Morgan fingerprint density at radius 1 is 1.43 bits per heavy atom. The standard InChI is InChI=1S/C11H21NO2/c1-8(2)14-10(13)9-6-7-12(9)11(3,4)5/h8-9H,6-7H2,1-5H3. The van der Waals surface area contributed by atoms with Crippen molar-refractivity contribution in [3.05, 3.63) is 0 Å². The van der Waals surface area contributed by atoms with Gasteiger partial charge in [-0.25, -0.2) is 0 Å². The van der Waals surface area contributed by atoms with Crippen molar-refractivity contribution in [2.24, 2.45) is 0 Å². The summed E-state index contributed by atoms with van der Waals surface area (Å²) in [6.07, 6.45) is 0.924. The molecule has 0 bridgehead atoms. The van der Waals surface area contributed by atoms with Crippen LogP contribution in [0.3, 0.4) is 0 Å². The number of carbonyl (C=O) groups excluding carboxylic acids is 1. The van der Waals surface area contributed by atoms with Crippen molar-refractivity contribution < 1.29 is 9.53 Å². The van der Waals surface area contributed by atoms with Gasteiger partial charge in [0.2, 0.25) is 0 Å².